The Kier molecular flexibility index (Phi) is 6.64. The first-order chi connectivity index (χ1) is 9.88. The van der Waals surface area contributed by atoms with Crippen molar-refractivity contribution in [1.29, 1.82) is 0 Å². The van der Waals surface area contributed by atoms with Crippen molar-refractivity contribution in [1.82, 2.24) is 4.90 Å². The molecule has 1 aromatic rings. The minimum Gasteiger partial charge on any atom is -0.477 e. The third-order valence-corrected chi connectivity index (χ3v) is 4.10. The van der Waals surface area contributed by atoms with Crippen molar-refractivity contribution in [3.8, 4) is 0 Å². The number of carbonyl (C=O) groups is 1. The molecule has 116 valence electrons. The maximum absolute atomic E-state index is 11.3. The largest absolute Gasteiger partial charge is 0.477 e. The molecule has 0 saturated carbocycles. The Morgan fingerprint density at radius 1 is 1.52 bits per heavy atom. The maximum atomic E-state index is 11.3. The molecule has 1 aromatic carbocycles. The monoisotopic (exact) mass is 312 g/mol. The molecule has 21 heavy (non-hydrogen) atoms. The molecule has 0 bridgehead atoms. The normalized spacial score (nSPS) is 12.4. The summed E-state index contributed by atoms with van der Waals surface area (Å²) in [6.07, 6.45) is 3.02. The van der Waals surface area contributed by atoms with Crippen LogP contribution in [0.5, 0.6) is 0 Å². The molecular formula is C14H20N2O4S. The van der Waals surface area contributed by atoms with E-state index in [1.54, 1.807) is 17.8 Å². The van der Waals surface area contributed by atoms with Gasteiger partial charge in [0.05, 0.1) is 4.92 Å². The van der Waals surface area contributed by atoms with Crippen molar-refractivity contribution in [2.24, 2.45) is 0 Å². The van der Waals surface area contributed by atoms with Crippen molar-refractivity contribution < 1.29 is 14.8 Å². The van der Waals surface area contributed by atoms with E-state index in [4.69, 9.17) is 0 Å². The topological polar surface area (TPSA) is 83.7 Å². The second-order valence-electron chi connectivity index (χ2n) is 4.92. The fourth-order valence-electron chi connectivity index (χ4n) is 2.05. The molecule has 0 fully saturated rings. The van der Waals surface area contributed by atoms with Crippen LogP contribution in [0.25, 0.3) is 0 Å². The first-order valence-electron chi connectivity index (χ1n) is 6.57. The molecule has 0 aromatic heterocycles. The zero-order valence-corrected chi connectivity index (χ0v) is 13.2. The second-order valence-corrected chi connectivity index (χ2v) is 5.90. The lowest BCUT2D eigenvalue weighted by atomic mass is 10.0. The highest BCUT2D eigenvalue weighted by molar-refractivity contribution is 7.98. The zero-order valence-electron chi connectivity index (χ0n) is 12.4. The molecule has 0 aliphatic carbocycles. The highest BCUT2D eigenvalue weighted by Crippen LogP contribution is 2.24. The Hall–Kier alpha value is -1.60. The van der Waals surface area contributed by atoms with Gasteiger partial charge in [-0.3, -0.25) is 15.0 Å². The molecule has 0 amide bonds. The number of rotatable bonds is 8. The fourth-order valence-corrected chi connectivity index (χ4v) is 2.63. The molecule has 0 heterocycles. The van der Waals surface area contributed by atoms with E-state index in [2.05, 4.69) is 6.92 Å². The zero-order chi connectivity index (χ0) is 16.0. The van der Waals surface area contributed by atoms with Crippen LogP contribution in [0, 0.1) is 10.1 Å². The lowest BCUT2D eigenvalue weighted by Gasteiger charge is -2.25. The predicted octanol–water partition coefficient (Wildman–Crippen LogP) is 2.87. The lowest BCUT2D eigenvalue weighted by molar-refractivity contribution is -0.385. The van der Waals surface area contributed by atoms with E-state index >= 15 is 0 Å². The standard InChI is InChI=1S/C14H20N2O4S/c1-10(7-8-21-3)15(2)9-11-5-4-6-12(16(19)20)13(11)14(17)18/h4-6,10H,7-9H2,1-3H3,(H,17,18). The van der Waals surface area contributed by atoms with E-state index < -0.39 is 10.9 Å². The number of nitro groups is 1. The van der Waals surface area contributed by atoms with Crippen LogP contribution < -0.4 is 0 Å². The summed E-state index contributed by atoms with van der Waals surface area (Å²) in [5.74, 6) is -0.242. The van der Waals surface area contributed by atoms with E-state index in [-0.39, 0.29) is 17.3 Å². The second kappa shape index (κ2) is 7.99. The average molecular weight is 312 g/mol. The molecule has 1 atom stereocenters. The van der Waals surface area contributed by atoms with Gasteiger partial charge in [0.2, 0.25) is 0 Å². The summed E-state index contributed by atoms with van der Waals surface area (Å²) in [5, 5.41) is 20.2. The van der Waals surface area contributed by atoms with Gasteiger partial charge in [0, 0.05) is 18.7 Å². The Balaban J connectivity index is 3.00. The van der Waals surface area contributed by atoms with Crippen LogP contribution in [0.15, 0.2) is 18.2 Å². The van der Waals surface area contributed by atoms with Crippen molar-refractivity contribution in [3.63, 3.8) is 0 Å². The number of hydrogen-bond donors (Lipinski definition) is 1. The van der Waals surface area contributed by atoms with Gasteiger partial charge < -0.3 is 5.11 Å². The quantitative estimate of drug-likeness (QED) is 0.587. The first kappa shape index (κ1) is 17.5. The van der Waals surface area contributed by atoms with Gasteiger partial charge in [0.25, 0.3) is 5.69 Å². The van der Waals surface area contributed by atoms with E-state index in [1.807, 2.05) is 18.2 Å². The van der Waals surface area contributed by atoms with Crippen molar-refractivity contribution in [3.05, 3.63) is 39.4 Å². The molecule has 7 heteroatoms. The number of carboxylic acid groups (broad SMARTS) is 1. The Labute approximate surface area is 128 Å². The van der Waals surface area contributed by atoms with E-state index in [0.29, 0.717) is 12.1 Å². The number of nitro benzene ring substituents is 1. The maximum Gasteiger partial charge on any atom is 0.343 e. The highest BCUT2D eigenvalue weighted by Gasteiger charge is 2.24. The molecule has 0 spiro atoms. The third-order valence-electron chi connectivity index (χ3n) is 3.45. The molecule has 0 radical (unpaired) electrons. The molecule has 1 unspecified atom stereocenters. The fraction of sp³-hybridized carbons (Fsp3) is 0.500. The minimum absolute atomic E-state index is 0.216. The average Bonchev–Trinajstić information content (AvgIpc) is 2.43. The van der Waals surface area contributed by atoms with Crippen molar-refractivity contribution >= 4 is 23.4 Å². The molecule has 1 N–H and O–H groups in total. The van der Waals surface area contributed by atoms with E-state index in [0.717, 1.165) is 12.2 Å². The van der Waals surface area contributed by atoms with E-state index in [9.17, 15) is 20.0 Å². The number of benzene rings is 1. The smallest absolute Gasteiger partial charge is 0.343 e. The molecular weight excluding hydrogens is 292 g/mol. The highest BCUT2D eigenvalue weighted by atomic mass is 32.2. The summed E-state index contributed by atoms with van der Waals surface area (Å²) in [6, 6.07) is 4.66. The van der Waals surface area contributed by atoms with Crippen LogP contribution in [-0.2, 0) is 6.54 Å². The molecule has 0 saturated heterocycles. The summed E-state index contributed by atoms with van der Waals surface area (Å²) >= 11 is 1.76. The van der Waals surface area contributed by atoms with Crippen LogP contribution in [0.1, 0.15) is 29.3 Å². The third kappa shape index (κ3) is 4.71. The first-order valence-corrected chi connectivity index (χ1v) is 7.96. The Bertz CT molecular complexity index is 522. The van der Waals surface area contributed by atoms with Crippen LogP contribution in [-0.4, -0.2) is 46.0 Å². The molecule has 0 aliphatic heterocycles. The minimum atomic E-state index is -1.26. The number of nitrogens with zero attached hydrogens (tertiary/aromatic N) is 2. The predicted molar refractivity (Wildman–Crippen MR) is 84.0 cm³/mol. The number of hydrogen-bond acceptors (Lipinski definition) is 5. The molecule has 1 rings (SSSR count). The number of carboxylic acids is 1. The molecule has 0 aliphatic rings. The van der Waals surface area contributed by atoms with Crippen molar-refractivity contribution in [2.75, 3.05) is 19.1 Å². The number of thioether (sulfide) groups is 1. The van der Waals surface area contributed by atoms with Gasteiger partial charge in [-0.25, -0.2) is 4.79 Å². The lowest BCUT2D eigenvalue weighted by Crippen LogP contribution is -2.29. The van der Waals surface area contributed by atoms with Gasteiger partial charge in [0.1, 0.15) is 5.56 Å². The van der Waals surface area contributed by atoms with Gasteiger partial charge in [-0.05, 0) is 38.0 Å². The Morgan fingerprint density at radius 2 is 2.19 bits per heavy atom. The summed E-state index contributed by atoms with van der Waals surface area (Å²) in [7, 11) is 1.90. The van der Waals surface area contributed by atoms with Gasteiger partial charge in [-0.15, -0.1) is 0 Å². The van der Waals surface area contributed by atoms with Gasteiger partial charge in [-0.1, -0.05) is 12.1 Å². The van der Waals surface area contributed by atoms with Crippen LogP contribution in [0.2, 0.25) is 0 Å². The molecule has 6 nitrogen and oxygen atoms in total. The van der Waals surface area contributed by atoms with Gasteiger partial charge in [0.15, 0.2) is 0 Å². The van der Waals surface area contributed by atoms with Gasteiger partial charge >= 0.3 is 5.97 Å². The van der Waals surface area contributed by atoms with Crippen LogP contribution in [0.3, 0.4) is 0 Å². The van der Waals surface area contributed by atoms with Crippen LogP contribution >= 0.6 is 11.8 Å². The van der Waals surface area contributed by atoms with Gasteiger partial charge in [-0.2, -0.15) is 11.8 Å². The summed E-state index contributed by atoms with van der Waals surface area (Å²) in [6.45, 7) is 2.44. The number of aromatic carboxylic acids is 1. The summed E-state index contributed by atoms with van der Waals surface area (Å²) in [5.41, 5.74) is -0.105. The summed E-state index contributed by atoms with van der Waals surface area (Å²) < 4.78 is 0. The Morgan fingerprint density at radius 3 is 2.71 bits per heavy atom. The summed E-state index contributed by atoms with van der Waals surface area (Å²) in [4.78, 5) is 23.7. The SMILES string of the molecule is CSCCC(C)N(C)Cc1cccc([N+](=O)[O-])c1C(=O)O. The van der Waals surface area contributed by atoms with Crippen molar-refractivity contribution in [2.45, 2.75) is 25.9 Å². The van der Waals surface area contributed by atoms with Crippen LogP contribution in [0.4, 0.5) is 5.69 Å². The van der Waals surface area contributed by atoms with E-state index in [1.165, 1.54) is 12.1 Å².